The van der Waals surface area contributed by atoms with Gasteiger partial charge in [0, 0.05) is 35.3 Å². The van der Waals surface area contributed by atoms with Crippen molar-refractivity contribution < 1.29 is 9.59 Å². The molecule has 3 amide bonds. The minimum atomic E-state index is -0.193. The van der Waals surface area contributed by atoms with E-state index in [1.165, 1.54) is 5.56 Å². The molecule has 3 aromatic rings. The molecular formula is C27H30N4O2S. The zero-order valence-corrected chi connectivity index (χ0v) is 20.6. The summed E-state index contributed by atoms with van der Waals surface area (Å²) in [5.41, 5.74) is 5.35. The molecule has 2 N–H and O–H groups in total. The molecule has 0 radical (unpaired) electrons. The van der Waals surface area contributed by atoms with Gasteiger partial charge in [-0.3, -0.25) is 9.69 Å². The number of aryl methyl sites for hydroxylation is 3. The third-order valence-corrected chi connectivity index (χ3v) is 6.78. The molecule has 176 valence electrons. The largest absolute Gasteiger partial charge is 0.350 e. The van der Waals surface area contributed by atoms with Crippen LogP contribution in [0.2, 0.25) is 0 Å². The van der Waals surface area contributed by atoms with Gasteiger partial charge in [0.25, 0.3) is 5.91 Å². The molecule has 1 aromatic heterocycles. The Morgan fingerprint density at radius 1 is 1.09 bits per heavy atom. The van der Waals surface area contributed by atoms with Crippen LogP contribution in [-0.4, -0.2) is 35.3 Å². The summed E-state index contributed by atoms with van der Waals surface area (Å²) in [5.74, 6) is 0.690. The van der Waals surface area contributed by atoms with Crippen LogP contribution in [0, 0.1) is 13.8 Å². The van der Waals surface area contributed by atoms with E-state index in [1.807, 2.05) is 45.0 Å². The molecule has 0 bridgehead atoms. The third kappa shape index (κ3) is 5.78. The predicted octanol–water partition coefficient (Wildman–Crippen LogP) is 5.59. The maximum atomic E-state index is 13.0. The molecule has 34 heavy (non-hydrogen) atoms. The highest BCUT2D eigenvalue weighted by atomic mass is 32.2. The van der Waals surface area contributed by atoms with E-state index in [1.54, 1.807) is 40.9 Å². The van der Waals surface area contributed by atoms with E-state index >= 15 is 0 Å². The molecule has 0 unspecified atom stereocenters. The van der Waals surface area contributed by atoms with Crippen LogP contribution in [0.4, 0.5) is 16.2 Å². The lowest BCUT2D eigenvalue weighted by atomic mass is 10.1. The topological polar surface area (TPSA) is 74.3 Å². The number of nitrogens with one attached hydrogen (secondary N) is 2. The smallest absolute Gasteiger partial charge is 0.326 e. The number of rotatable bonds is 6. The quantitative estimate of drug-likeness (QED) is 0.488. The Bertz CT molecular complexity index is 1170. The van der Waals surface area contributed by atoms with Crippen molar-refractivity contribution in [1.29, 1.82) is 0 Å². The first-order valence-electron chi connectivity index (χ1n) is 11.5. The van der Waals surface area contributed by atoms with E-state index in [0.717, 1.165) is 40.6 Å². The van der Waals surface area contributed by atoms with Gasteiger partial charge in [-0.05, 0) is 75.1 Å². The van der Waals surface area contributed by atoms with Crippen molar-refractivity contribution in [3.05, 3.63) is 83.0 Å². The number of amides is 3. The highest BCUT2D eigenvalue weighted by Crippen LogP contribution is 2.36. The summed E-state index contributed by atoms with van der Waals surface area (Å²) >= 11 is 1.68. The van der Waals surface area contributed by atoms with E-state index in [-0.39, 0.29) is 18.0 Å². The summed E-state index contributed by atoms with van der Waals surface area (Å²) in [6, 6.07) is 19.1. The van der Waals surface area contributed by atoms with E-state index < -0.39 is 0 Å². The van der Waals surface area contributed by atoms with Gasteiger partial charge in [0.2, 0.25) is 0 Å². The van der Waals surface area contributed by atoms with Crippen molar-refractivity contribution in [2.24, 2.45) is 0 Å². The minimum absolute atomic E-state index is 0.0598. The van der Waals surface area contributed by atoms with Crippen molar-refractivity contribution >= 4 is 35.1 Å². The second kappa shape index (κ2) is 10.7. The summed E-state index contributed by atoms with van der Waals surface area (Å²) in [7, 11) is 0. The van der Waals surface area contributed by atoms with Crippen LogP contribution in [0.25, 0.3) is 0 Å². The van der Waals surface area contributed by atoms with Gasteiger partial charge in [-0.1, -0.05) is 30.3 Å². The number of benzene rings is 2. The molecule has 2 heterocycles. The number of thioether (sulfide) groups is 1. The maximum Gasteiger partial charge on any atom is 0.326 e. The lowest BCUT2D eigenvalue weighted by molar-refractivity contribution is 0.0938. The lowest BCUT2D eigenvalue weighted by Crippen LogP contribution is -2.39. The third-order valence-electron chi connectivity index (χ3n) is 5.83. The predicted molar refractivity (Wildman–Crippen MR) is 139 cm³/mol. The zero-order valence-electron chi connectivity index (χ0n) is 19.8. The number of anilines is 2. The number of aromatic nitrogens is 1. The number of pyridine rings is 1. The molecule has 1 aliphatic heterocycles. The Hall–Kier alpha value is -3.32. The van der Waals surface area contributed by atoms with E-state index in [4.69, 9.17) is 0 Å². The molecule has 0 fully saturated rings. The Morgan fingerprint density at radius 2 is 1.82 bits per heavy atom. The van der Waals surface area contributed by atoms with Crippen LogP contribution in [0.3, 0.4) is 0 Å². The summed E-state index contributed by atoms with van der Waals surface area (Å²) in [4.78, 5) is 32.0. The molecule has 1 aliphatic rings. The van der Waals surface area contributed by atoms with Crippen molar-refractivity contribution in [3.8, 4) is 0 Å². The average Bonchev–Trinajstić information content (AvgIpc) is 2.83. The monoisotopic (exact) mass is 474 g/mol. The van der Waals surface area contributed by atoms with E-state index in [2.05, 4.69) is 27.8 Å². The molecule has 1 atom stereocenters. The fourth-order valence-electron chi connectivity index (χ4n) is 4.08. The van der Waals surface area contributed by atoms with Gasteiger partial charge in [-0.2, -0.15) is 0 Å². The summed E-state index contributed by atoms with van der Waals surface area (Å²) < 4.78 is 0. The second-order valence-corrected chi connectivity index (χ2v) is 9.72. The molecule has 0 saturated heterocycles. The van der Waals surface area contributed by atoms with E-state index in [9.17, 15) is 9.59 Å². The number of nitrogens with zero attached hydrogens (tertiary/aromatic N) is 2. The molecular weight excluding hydrogens is 444 g/mol. The summed E-state index contributed by atoms with van der Waals surface area (Å²) in [5, 5.41) is 6.91. The fourth-order valence-corrected chi connectivity index (χ4v) is 5.16. The van der Waals surface area contributed by atoms with Crippen molar-refractivity contribution in [1.82, 2.24) is 10.3 Å². The summed E-state index contributed by atoms with van der Waals surface area (Å²) in [6.07, 6.45) is 1.78. The maximum absolute atomic E-state index is 13.0. The van der Waals surface area contributed by atoms with Crippen LogP contribution in [0.5, 0.6) is 0 Å². The number of hydrogen-bond donors (Lipinski definition) is 2. The van der Waals surface area contributed by atoms with Gasteiger partial charge >= 0.3 is 6.03 Å². The summed E-state index contributed by atoms with van der Waals surface area (Å²) in [6.45, 7) is 6.61. The standard InChI is InChI=1S/C27H30N4O2S/c1-18-17-20(3)29-26-24(18)31(15-16-34-26)27(33)30-23-13-11-22(12-14-23)25(32)28-19(2)9-10-21-7-5-4-6-8-21/h4-8,11-14,17,19H,9-10,15-16H2,1-3H3,(H,28,32)(H,30,33)/t19-/m0/s1. The number of fused-ring (bicyclic) bond motifs is 1. The van der Waals surface area contributed by atoms with Crippen molar-refractivity contribution in [3.63, 3.8) is 0 Å². The van der Waals surface area contributed by atoms with Crippen LogP contribution in [0.1, 0.15) is 40.5 Å². The Kier molecular flexibility index (Phi) is 7.53. The molecule has 0 spiro atoms. The molecule has 6 nitrogen and oxygen atoms in total. The molecule has 2 aromatic carbocycles. The van der Waals surface area contributed by atoms with Crippen LogP contribution in [0.15, 0.2) is 65.7 Å². The van der Waals surface area contributed by atoms with Gasteiger partial charge in [0.1, 0.15) is 5.03 Å². The Labute approximate surface area is 205 Å². The van der Waals surface area contributed by atoms with Gasteiger partial charge in [0.05, 0.1) is 5.69 Å². The number of hydrogen-bond acceptors (Lipinski definition) is 4. The minimum Gasteiger partial charge on any atom is -0.350 e. The SMILES string of the molecule is Cc1cc(C)c2c(n1)SCCN2C(=O)Nc1ccc(C(=O)N[C@@H](C)CCc2ccccc2)cc1. The van der Waals surface area contributed by atoms with Crippen LogP contribution in [-0.2, 0) is 6.42 Å². The van der Waals surface area contributed by atoms with Crippen LogP contribution >= 0.6 is 11.8 Å². The van der Waals surface area contributed by atoms with Gasteiger partial charge in [-0.25, -0.2) is 9.78 Å². The van der Waals surface area contributed by atoms with Gasteiger partial charge < -0.3 is 10.6 Å². The molecule has 0 aliphatic carbocycles. The lowest BCUT2D eigenvalue weighted by Gasteiger charge is -2.30. The first-order valence-corrected chi connectivity index (χ1v) is 12.5. The van der Waals surface area contributed by atoms with E-state index in [0.29, 0.717) is 17.8 Å². The first-order chi connectivity index (χ1) is 16.4. The van der Waals surface area contributed by atoms with Crippen molar-refractivity contribution in [2.45, 2.75) is 44.7 Å². The van der Waals surface area contributed by atoms with Crippen molar-refractivity contribution in [2.75, 3.05) is 22.5 Å². The average molecular weight is 475 g/mol. The normalized spacial score (nSPS) is 13.7. The first kappa shape index (κ1) is 23.8. The van der Waals surface area contributed by atoms with Gasteiger partial charge in [-0.15, -0.1) is 11.8 Å². The zero-order chi connectivity index (χ0) is 24.1. The highest BCUT2D eigenvalue weighted by molar-refractivity contribution is 7.99. The molecule has 4 rings (SSSR count). The Morgan fingerprint density at radius 3 is 2.56 bits per heavy atom. The molecule has 7 heteroatoms. The highest BCUT2D eigenvalue weighted by Gasteiger charge is 2.26. The van der Waals surface area contributed by atoms with Crippen LogP contribution < -0.4 is 15.5 Å². The number of urea groups is 1. The molecule has 0 saturated carbocycles. The van der Waals surface area contributed by atoms with Gasteiger partial charge in [0.15, 0.2) is 0 Å². The Balaban J connectivity index is 1.34. The number of carbonyl (C=O) groups excluding carboxylic acids is 2. The second-order valence-electron chi connectivity index (χ2n) is 8.64. The fraction of sp³-hybridized carbons (Fsp3) is 0.296. The number of carbonyl (C=O) groups is 2.